The number of rotatable bonds is 5. The molecule has 1 N–H and O–H groups in total. The molecule has 0 fully saturated rings. The van der Waals surface area contributed by atoms with E-state index >= 15 is 0 Å². The van der Waals surface area contributed by atoms with Crippen LogP contribution in [0.1, 0.15) is 11.7 Å². The number of benzene rings is 2. The summed E-state index contributed by atoms with van der Waals surface area (Å²) in [6, 6.07) is 16.5. The van der Waals surface area contributed by atoms with Crippen molar-refractivity contribution in [3.63, 3.8) is 0 Å². The molecule has 7 nitrogen and oxygen atoms in total. The zero-order chi connectivity index (χ0) is 22.0. The van der Waals surface area contributed by atoms with Gasteiger partial charge in [0.15, 0.2) is 6.20 Å². The Morgan fingerprint density at radius 3 is 2.58 bits per heavy atom. The van der Waals surface area contributed by atoms with Crippen LogP contribution in [-0.2, 0) is 16.1 Å². The Morgan fingerprint density at radius 1 is 1.10 bits per heavy atom. The van der Waals surface area contributed by atoms with Gasteiger partial charge in [-0.1, -0.05) is 17.7 Å². The molecule has 1 aliphatic rings. The second-order valence-electron chi connectivity index (χ2n) is 6.95. The smallest absolute Gasteiger partial charge is 0.294 e. The molecule has 1 unspecified atom stereocenters. The average Bonchev–Trinajstić information content (AvgIpc) is 2.79. The predicted octanol–water partition coefficient (Wildman–Crippen LogP) is 3.37. The van der Waals surface area contributed by atoms with E-state index in [2.05, 4.69) is 5.32 Å². The number of fused-ring (bicyclic) bond motifs is 1. The highest BCUT2D eigenvalue weighted by Gasteiger charge is 2.44. The number of anilines is 2. The van der Waals surface area contributed by atoms with Gasteiger partial charge >= 0.3 is 0 Å². The van der Waals surface area contributed by atoms with Crippen LogP contribution >= 0.6 is 11.6 Å². The fourth-order valence-electron chi connectivity index (χ4n) is 3.63. The Bertz CT molecular complexity index is 1130. The summed E-state index contributed by atoms with van der Waals surface area (Å²) in [4.78, 5) is 28.1. The van der Waals surface area contributed by atoms with E-state index in [0.29, 0.717) is 33.6 Å². The van der Waals surface area contributed by atoms with Crippen LogP contribution < -0.4 is 24.3 Å². The van der Waals surface area contributed by atoms with Gasteiger partial charge in [-0.3, -0.25) is 14.5 Å². The number of nitrogens with zero attached hydrogens (tertiary/aromatic N) is 2. The van der Waals surface area contributed by atoms with E-state index in [-0.39, 0.29) is 18.4 Å². The number of pyridine rings is 1. The van der Waals surface area contributed by atoms with Crippen LogP contribution in [0.2, 0.25) is 5.02 Å². The zero-order valence-electron chi connectivity index (χ0n) is 17.0. The first-order valence-electron chi connectivity index (χ1n) is 9.60. The predicted molar refractivity (Wildman–Crippen MR) is 116 cm³/mol. The monoisotopic (exact) mass is 438 g/mol. The minimum absolute atomic E-state index is 0.107. The van der Waals surface area contributed by atoms with E-state index in [1.165, 1.54) is 12.0 Å². The van der Waals surface area contributed by atoms with Gasteiger partial charge in [0.1, 0.15) is 11.5 Å². The molecule has 0 aliphatic carbocycles. The number of carbonyl (C=O) groups is 2. The second-order valence-corrected chi connectivity index (χ2v) is 7.39. The number of methoxy groups -OCH3 is 2. The lowest BCUT2D eigenvalue weighted by molar-refractivity contribution is -0.695. The van der Waals surface area contributed by atoms with Crippen molar-refractivity contribution in [1.82, 2.24) is 0 Å². The summed E-state index contributed by atoms with van der Waals surface area (Å²) in [7, 11) is 3.06. The normalized spacial score (nSPS) is 15.3. The summed E-state index contributed by atoms with van der Waals surface area (Å²) in [6.07, 6.45) is 1.79. The van der Waals surface area contributed by atoms with Gasteiger partial charge in [-0.25, -0.2) is 0 Å². The van der Waals surface area contributed by atoms with Crippen LogP contribution in [0.4, 0.5) is 11.4 Å². The Kier molecular flexibility index (Phi) is 5.77. The molecule has 1 aromatic heterocycles. The second kappa shape index (κ2) is 8.65. The molecule has 2 heterocycles. The number of hydrogen-bond acceptors (Lipinski definition) is 4. The van der Waals surface area contributed by atoms with Gasteiger partial charge in [-0.2, -0.15) is 4.57 Å². The first kappa shape index (κ1) is 20.7. The van der Waals surface area contributed by atoms with Crippen molar-refractivity contribution < 1.29 is 23.6 Å². The van der Waals surface area contributed by atoms with Crippen molar-refractivity contribution >= 4 is 34.8 Å². The van der Waals surface area contributed by atoms with E-state index in [9.17, 15) is 9.59 Å². The molecule has 4 rings (SSSR count). The molecule has 158 valence electrons. The van der Waals surface area contributed by atoms with Crippen LogP contribution in [0.5, 0.6) is 11.5 Å². The fraction of sp³-hybridized carbons (Fsp3) is 0.174. The van der Waals surface area contributed by atoms with Crippen molar-refractivity contribution in [2.75, 3.05) is 24.4 Å². The molecule has 1 aliphatic heterocycles. The van der Waals surface area contributed by atoms with E-state index in [0.717, 1.165) is 0 Å². The van der Waals surface area contributed by atoms with E-state index in [4.69, 9.17) is 21.1 Å². The molecule has 0 radical (unpaired) electrons. The molecule has 8 heteroatoms. The maximum absolute atomic E-state index is 13.5. The standard InChI is InChI=1S/C23H20ClN3O4/c1-30-17-10-11-18(20(13-17)31-2)27-21(28)14-26-12-4-3-5-19(26)22(27)23(29)25-16-8-6-15(24)7-9-16/h3-13,22H,14H2,1-2H3/p+1. The largest absolute Gasteiger partial charge is 0.497 e. The van der Waals surface area contributed by atoms with E-state index < -0.39 is 6.04 Å². The molecule has 0 saturated heterocycles. The summed E-state index contributed by atoms with van der Waals surface area (Å²) in [6.45, 7) is 0.107. The summed E-state index contributed by atoms with van der Waals surface area (Å²) in [5, 5.41) is 3.46. The van der Waals surface area contributed by atoms with Gasteiger partial charge in [0.25, 0.3) is 11.8 Å². The van der Waals surface area contributed by atoms with Crippen molar-refractivity contribution in [3.05, 3.63) is 77.6 Å². The lowest BCUT2D eigenvalue weighted by Crippen LogP contribution is -2.58. The van der Waals surface area contributed by atoms with E-state index in [1.54, 1.807) is 60.3 Å². The van der Waals surface area contributed by atoms with Crippen molar-refractivity contribution in [2.24, 2.45) is 0 Å². The zero-order valence-corrected chi connectivity index (χ0v) is 17.8. The highest BCUT2D eigenvalue weighted by atomic mass is 35.5. The summed E-state index contributed by atoms with van der Waals surface area (Å²) >= 11 is 5.95. The SMILES string of the molecule is COc1ccc(N2C(=O)C[n+]3ccccc3C2C(=O)Nc2ccc(Cl)cc2)c(OC)c1. The van der Waals surface area contributed by atoms with Gasteiger partial charge in [-0.05, 0) is 36.4 Å². The summed E-state index contributed by atoms with van der Waals surface area (Å²) < 4.78 is 12.6. The first-order valence-corrected chi connectivity index (χ1v) is 9.98. The summed E-state index contributed by atoms with van der Waals surface area (Å²) in [5.74, 6) is 0.431. The molecule has 2 amide bonds. The van der Waals surface area contributed by atoms with Crippen LogP contribution in [0.3, 0.4) is 0 Å². The Morgan fingerprint density at radius 2 is 1.87 bits per heavy atom. The third-order valence-electron chi connectivity index (χ3n) is 5.09. The third kappa shape index (κ3) is 4.04. The Hall–Kier alpha value is -3.58. The maximum Gasteiger partial charge on any atom is 0.294 e. The molecule has 1 atom stereocenters. The van der Waals surface area contributed by atoms with Crippen LogP contribution in [0, 0.1) is 0 Å². The molecule has 0 spiro atoms. The highest BCUT2D eigenvalue weighted by molar-refractivity contribution is 6.30. The number of aromatic nitrogens is 1. The van der Waals surface area contributed by atoms with E-state index in [1.807, 2.05) is 18.2 Å². The van der Waals surface area contributed by atoms with Gasteiger partial charge in [0.05, 0.1) is 19.9 Å². The molecule has 0 bridgehead atoms. The number of amides is 2. The molecular formula is C23H21ClN3O4+. The lowest BCUT2D eigenvalue weighted by atomic mass is 10.0. The minimum atomic E-state index is -0.902. The number of carbonyl (C=O) groups excluding carboxylic acids is 2. The Balaban J connectivity index is 1.80. The van der Waals surface area contributed by atoms with Crippen molar-refractivity contribution in [2.45, 2.75) is 12.6 Å². The van der Waals surface area contributed by atoms with Crippen LogP contribution in [0.15, 0.2) is 66.9 Å². The quantitative estimate of drug-likeness (QED) is 0.620. The number of hydrogen-bond donors (Lipinski definition) is 1. The highest BCUT2D eigenvalue weighted by Crippen LogP contribution is 2.38. The molecule has 0 saturated carbocycles. The maximum atomic E-state index is 13.5. The van der Waals surface area contributed by atoms with Crippen LogP contribution in [-0.4, -0.2) is 26.0 Å². The first-order chi connectivity index (χ1) is 15.0. The number of nitrogens with one attached hydrogen (secondary N) is 1. The fourth-order valence-corrected chi connectivity index (χ4v) is 3.76. The van der Waals surface area contributed by atoms with Crippen molar-refractivity contribution in [3.8, 4) is 11.5 Å². The molecule has 31 heavy (non-hydrogen) atoms. The van der Waals surface area contributed by atoms with Gasteiger partial charge in [-0.15, -0.1) is 0 Å². The summed E-state index contributed by atoms with van der Waals surface area (Å²) in [5.41, 5.74) is 1.75. The Labute approximate surface area is 184 Å². The van der Waals surface area contributed by atoms with Gasteiger partial charge in [0.2, 0.25) is 18.3 Å². The lowest BCUT2D eigenvalue weighted by Gasteiger charge is -2.33. The molecule has 2 aromatic carbocycles. The third-order valence-corrected chi connectivity index (χ3v) is 5.35. The van der Waals surface area contributed by atoms with Gasteiger partial charge < -0.3 is 14.8 Å². The average molecular weight is 439 g/mol. The molecular weight excluding hydrogens is 418 g/mol. The minimum Gasteiger partial charge on any atom is -0.497 e. The molecule has 3 aromatic rings. The van der Waals surface area contributed by atoms with Crippen molar-refractivity contribution in [1.29, 1.82) is 0 Å². The number of ether oxygens (including phenoxy) is 2. The number of halogens is 1. The topological polar surface area (TPSA) is 71.8 Å². The van der Waals surface area contributed by atoms with Gasteiger partial charge in [0, 0.05) is 28.9 Å². The van der Waals surface area contributed by atoms with Crippen LogP contribution in [0.25, 0.3) is 0 Å².